The van der Waals surface area contributed by atoms with Crippen LogP contribution in [0.5, 0.6) is 0 Å². The van der Waals surface area contributed by atoms with Crippen LogP contribution < -0.4 is 10.4 Å². The highest BCUT2D eigenvalue weighted by Crippen LogP contribution is 2.63. The van der Waals surface area contributed by atoms with Crippen LogP contribution in [-0.4, -0.2) is 107 Å². The lowest BCUT2D eigenvalue weighted by atomic mass is 9.44. The minimum absolute atomic E-state index is 0.0708. The van der Waals surface area contributed by atoms with Gasteiger partial charge in [0.25, 0.3) is 0 Å². The Hall–Kier alpha value is -4.67. The predicted octanol–water partition coefficient (Wildman–Crippen LogP) is 3.28. The number of nitrogens with one attached hydrogen (secondary N) is 1. The Kier molecular flexibility index (Phi) is 11.7. The van der Waals surface area contributed by atoms with E-state index in [0.717, 1.165) is 6.92 Å². The number of ketones is 1. The number of hydrogen-bond acceptors (Lipinski definition) is 14. The molecule has 3 N–H and O–H groups in total. The van der Waals surface area contributed by atoms with Crippen molar-refractivity contribution in [2.45, 2.75) is 128 Å². The molecule has 1 aliphatic heterocycles. The summed E-state index contributed by atoms with van der Waals surface area (Å²) in [4.78, 5) is 69.5. The topological polar surface area (TPSA) is 216 Å². The lowest BCUT2D eigenvalue weighted by Gasteiger charge is -2.71. The number of amides is 1. The molecule has 1 heterocycles. The van der Waals surface area contributed by atoms with E-state index >= 15 is 5.11 Å². The largest absolute Gasteiger partial charge is 0.846 e. The fraction of sp³-hybridized carbons (Fsp3) is 0.568. The van der Waals surface area contributed by atoms with Crippen LogP contribution in [0.4, 0.5) is 4.79 Å². The van der Waals surface area contributed by atoms with Crippen LogP contribution in [0.25, 0.3) is 0 Å². The smallest absolute Gasteiger partial charge is 0.408 e. The van der Waals surface area contributed by atoms with Crippen LogP contribution in [0.1, 0.15) is 90.2 Å². The van der Waals surface area contributed by atoms with E-state index < -0.39 is 112 Å². The standard InChI is InChI=1S/C44H54NO14/c1-23-27(56-38(51)33(54-9)31(25-16-12-10-13-17-25)45-39(52)59-40(3,4)5)21-44(53)36(57-37(50)26-18-14-11-15-19-26)34-42(8,35(49)32(48)30(23)41(44,6)7)28(47)20-29-43(34,22-55-29)58-24(2)46/h10-19,27-29,31-34,36,47-48H,20-22H2,1-9H3,(H,45,52)/q-1/t27-,28-,29?,31-,32+,33+,34?,36-,42+,43-,44+/m0/s1. The lowest BCUT2D eigenvalue weighted by molar-refractivity contribution is -0.535. The highest BCUT2D eigenvalue weighted by atomic mass is 16.6. The SMILES string of the molecule is CO[C@@H](C(=O)O[C@H]1C[C@@]2([O-])[C@@H](OC(=O)c3ccccc3)C3[C@]4(OC(C)=O)COC4C[C@H](O)[C@@]3(C)C(=O)[C@H](O)C(=C1C)C2(C)C)[C@@H](NC(=O)OC(C)(C)C)c1ccccc1. The van der Waals surface area contributed by atoms with Crippen molar-refractivity contribution in [3.8, 4) is 0 Å². The molecule has 2 aromatic rings. The van der Waals surface area contributed by atoms with Crippen LogP contribution in [-0.2, 0) is 42.8 Å². The Balaban J connectivity index is 1.50. The van der Waals surface area contributed by atoms with Crippen molar-refractivity contribution in [3.63, 3.8) is 0 Å². The average Bonchev–Trinajstić information content (AvgIpc) is 3.16. The van der Waals surface area contributed by atoms with Crippen LogP contribution in [0.15, 0.2) is 71.8 Å². The summed E-state index contributed by atoms with van der Waals surface area (Å²) in [7, 11) is 1.25. The molecular formula is C44H54NO14-. The zero-order chi connectivity index (χ0) is 43.5. The van der Waals surface area contributed by atoms with Gasteiger partial charge in [-0.3, -0.25) is 9.59 Å². The first-order valence-electron chi connectivity index (χ1n) is 19.7. The Morgan fingerprint density at radius 2 is 1.58 bits per heavy atom. The summed E-state index contributed by atoms with van der Waals surface area (Å²) >= 11 is 0. The van der Waals surface area contributed by atoms with E-state index in [-0.39, 0.29) is 29.7 Å². The first-order valence-corrected chi connectivity index (χ1v) is 19.7. The van der Waals surface area contributed by atoms with E-state index in [0.29, 0.717) is 5.56 Å². The molecule has 0 spiro atoms. The van der Waals surface area contributed by atoms with Crippen LogP contribution in [0, 0.1) is 16.7 Å². The maximum atomic E-state index is 16.5. The van der Waals surface area contributed by atoms with Crippen molar-refractivity contribution in [2.24, 2.45) is 16.7 Å². The Labute approximate surface area is 343 Å². The van der Waals surface area contributed by atoms with E-state index in [9.17, 15) is 34.2 Å². The monoisotopic (exact) mass is 820 g/mol. The summed E-state index contributed by atoms with van der Waals surface area (Å²) < 4.78 is 35.4. The highest BCUT2D eigenvalue weighted by molar-refractivity contribution is 5.94. The van der Waals surface area contributed by atoms with E-state index in [1.54, 1.807) is 69.3 Å². The second-order valence-corrected chi connectivity index (χ2v) is 17.8. The third-order valence-electron chi connectivity index (χ3n) is 12.8. The van der Waals surface area contributed by atoms with Gasteiger partial charge in [0.15, 0.2) is 17.5 Å². The minimum atomic E-state index is -2.56. The quantitative estimate of drug-likeness (QED) is 0.188. The van der Waals surface area contributed by atoms with Gasteiger partial charge in [-0.1, -0.05) is 68.0 Å². The van der Waals surface area contributed by atoms with Gasteiger partial charge in [-0.25, -0.2) is 14.4 Å². The Morgan fingerprint density at radius 3 is 2.12 bits per heavy atom. The first-order chi connectivity index (χ1) is 27.5. The van der Waals surface area contributed by atoms with Crippen molar-refractivity contribution < 1.29 is 67.7 Å². The van der Waals surface area contributed by atoms with E-state index in [1.807, 2.05) is 0 Å². The summed E-state index contributed by atoms with van der Waals surface area (Å²) in [5, 5.41) is 43.2. The third kappa shape index (κ3) is 7.45. The average molecular weight is 821 g/mol. The Morgan fingerprint density at radius 1 is 0.966 bits per heavy atom. The van der Waals surface area contributed by atoms with Gasteiger partial charge in [0.2, 0.25) is 0 Å². The molecule has 3 aliphatic carbocycles. The van der Waals surface area contributed by atoms with Crippen LogP contribution >= 0.6 is 0 Å². The number of carbonyl (C=O) groups is 5. The number of aliphatic hydroxyl groups excluding tert-OH is 2. The number of rotatable bonds is 9. The van der Waals surface area contributed by atoms with Crippen molar-refractivity contribution in [1.82, 2.24) is 5.32 Å². The van der Waals surface area contributed by atoms with Gasteiger partial charge in [-0.2, -0.15) is 0 Å². The molecule has 59 heavy (non-hydrogen) atoms. The van der Waals surface area contributed by atoms with Crippen LogP contribution in [0.3, 0.4) is 0 Å². The number of carbonyl (C=O) groups excluding carboxylic acids is 5. The summed E-state index contributed by atoms with van der Waals surface area (Å²) in [6.45, 7) is 11.8. The number of esters is 3. The number of alkyl carbamates (subject to hydrolysis) is 1. The zero-order valence-corrected chi connectivity index (χ0v) is 34.8. The molecule has 4 aliphatic rings. The molecule has 3 fully saturated rings. The maximum absolute atomic E-state index is 16.5. The zero-order valence-electron chi connectivity index (χ0n) is 34.8. The van der Waals surface area contributed by atoms with Crippen molar-refractivity contribution >= 4 is 29.8 Å². The van der Waals surface area contributed by atoms with Gasteiger partial charge in [-0.05, 0) is 75.3 Å². The van der Waals surface area contributed by atoms with Gasteiger partial charge < -0.3 is 49.1 Å². The van der Waals surface area contributed by atoms with Gasteiger partial charge in [0.05, 0.1) is 35.6 Å². The van der Waals surface area contributed by atoms with Crippen molar-refractivity contribution in [1.29, 1.82) is 0 Å². The molecule has 0 aromatic heterocycles. The summed E-state index contributed by atoms with van der Waals surface area (Å²) in [5.74, 6) is -5.20. The van der Waals surface area contributed by atoms with Gasteiger partial charge in [0, 0.05) is 20.5 Å². The molecule has 6 rings (SSSR count). The third-order valence-corrected chi connectivity index (χ3v) is 12.8. The first kappa shape index (κ1) is 43.9. The van der Waals surface area contributed by atoms with Crippen molar-refractivity contribution in [2.75, 3.05) is 13.7 Å². The summed E-state index contributed by atoms with van der Waals surface area (Å²) in [5.41, 5.74) is -8.31. The molecule has 15 nitrogen and oxygen atoms in total. The minimum Gasteiger partial charge on any atom is -0.846 e. The molecule has 0 radical (unpaired) electrons. The number of Topliss-reactive ketones (excluding diaryl/α,β-unsaturated/α-hetero) is 1. The van der Waals surface area contributed by atoms with Gasteiger partial charge in [-0.15, -0.1) is 0 Å². The Bertz CT molecular complexity index is 1990. The van der Waals surface area contributed by atoms with Gasteiger partial charge in [0.1, 0.15) is 30.0 Å². The van der Waals surface area contributed by atoms with Crippen LogP contribution in [0.2, 0.25) is 0 Å². The second-order valence-electron chi connectivity index (χ2n) is 17.8. The van der Waals surface area contributed by atoms with E-state index in [4.69, 9.17) is 28.4 Å². The fourth-order valence-electron chi connectivity index (χ4n) is 9.76. The fourth-order valence-corrected chi connectivity index (χ4v) is 9.76. The number of aliphatic hydroxyl groups is 2. The molecule has 15 heteroatoms. The number of fused-ring (bicyclic) bond motifs is 5. The molecule has 1 saturated heterocycles. The predicted molar refractivity (Wildman–Crippen MR) is 206 cm³/mol. The number of hydrogen-bond donors (Lipinski definition) is 3. The molecule has 2 aromatic carbocycles. The molecule has 2 saturated carbocycles. The number of ether oxygens (including phenoxy) is 6. The molecule has 2 bridgehead atoms. The lowest BCUT2D eigenvalue weighted by Crippen LogP contribution is -2.83. The number of methoxy groups -OCH3 is 1. The van der Waals surface area contributed by atoms with E-state index in [2.05, 4.69) is 5.32 Å². The second kappa shape index (κ2) is 15.7. The molecule has 320 valence electrons. The summed E-state index contributed by atoms with van der Waals surface area (Å²) in [6, 6.07) is 15.2. The molecule has 11 atom stereocenters. The highest BCUT2D eigenvalue weighted by Gasteiger charge is 2.76. The molecular weight excluding hydrogens is 766 g/mol. The van der Waals surface area contributed by atoms with Crippen molar-refractivity contribution in [3.05, 3.63) is 82.9 Å². The number of benzene rings is 2. The normalized spacial score (nSPS) is 33.3. The van der Waals surface area contributed by atoms with E-state index in [1.165, 1.54) is 46.9 Å². The maximum Gasteiger partial charge on any atom is 0.408 e. The molecule has 2 unspecified atom stereocenters. The molecule has 1 amide bonds. The summed E-state index contributed by atoms with van der Waals surface area (Å²) in [6.07, 6.45) is -11.0. The van der Waals surface area contributed by atoms with Gasteiger partial charge >= 0.3 is 24.0 Å².